The van der Waals surface area contributed by atoms with E-state index in [0.717, 1.165) is 25.9 Å². The largest absolute Gasteiger partial charge is 0.492 e. The molecule has 4 rings (SSSR count). The second-order valence-corrected chi connectivity index (χ2v) is 7.30. The van der Waals surface area contributed by atoms with Crippen LogP contribution in [0.1, 0.15) is 24.1 Å². The van der Waals surface area contributed by atoms with E-state index in [2.05, 4.69) is 29.2 Å². The normalized spacial score (nSPS) is 14.0. The van der Waals surface area contributed by atoms with E-state index < -0.39 is 0 Å². The van der Waals surface area contributed by atoms with E-state index in [0.29, 0.717) is 30.2 Å². The van der Waals surface area contributed by atoms with Crippen molar-refractivity contribution in [2.75, 3.05) is 19.7 Å². The molecule has 1 aliphatic heterocycles. The minimum absolute atomic E-state index is 0.201. The van der Waals surface area contributed by atoms with E-state index >= 15 is 0 Å². The minimum atomic E-state index is 0.201. The third-order valence-corrected chi connectivity index (χ3v) is 5.46. The van der Waals surface area contributed by atoms with E-state index in [4.69, 9.17) is 16.3 Å². The molecule has 0 unspecified atom stereocenters. The van der Waals surface area contributed by atoms with Crippen LogP contribution in [0.2, 0.25) is 5.02 Å². The van der Waals surface area contributed by atoms with Gasteiger partial charge < -0.3 is 14.6 Å². The molecule has 0 fully saturated rings. The number of carbonyl (C=O) groups excluding carboxylic acids is 1. The highest BCUT2D eigenvalue weighted by molar-refractivity contribution is 6.32. The number of benzene rings is 2. The molecule has 0 spiro atoms. The van der Waals surface area contributed by atoms with Crippen LogP contribution in [0.4, 0.5) is 0 Å². The Morgan fingerprint density at radius 3 is 2.74 bits per heavy atom. The van der Waals surface area contributed by atoms with Crippen LogP contribution in [0, 0.1) is 0 Å². The highest BCUT2D eigenvalue weighted by Gasteiger charge is 2.21. The van der Waals surface area contributed by atoms with Gasteiger partial charge in [-0.25, -0.2) is 0 Å². The molecule has 1 amide bonds. The summed E-state index contributed by atoms with van der Waals surface area (Å²) in [7, 11) is 0. The molecule has 1 aromatic heterocycles. The van der Waals surface area contributed by atoms with Crippen molar-refractivity contribution in [1.82, 2.24) is 9.88 Å². The van der Waals surface area contributed by atoms with E-state index in [1.54, 1.807) is 6.07 Å². The maximum Gasteiger partial charge on any atom is 0.222 e. The fourth-order valence-corrected chi connectivity index (χ4v) is 3.93. The fraction of sp³-hybridized carbons (Fsp3) is 0.318. The number of carbonyl (C=O) groups is 1. The van der Waals surface area contributed by atoms with Gasteiger partial charge in [0, 0.05) is 42.5 Å². The van der Waals surface area contributed by atoms with Gasteiger partial charge in [0.2, 0.25) is 5.91 Å². The number of hydrogen-bond acceptors (Lipinski definition) is 2. The molecule has 2 aromatic carbocycles. The third kappa shape index (κ3) is 3.96. The molecule has 0 saturated heterocycles. The zero-order chi connectivity index (χ0) is 18.6. The summed E-state index contributed by atoms with van der Waals surface area (Å²) in [4.78, 5) is 18.1. The average molecular weight is 383 g/mol. The smallest absolute Gasteiger partial charge is 0.222 e. The standard InChI is InChI=1S/C22H23ClN2O2/c23-18-7-2-4-9-21(18)27-15-5-10-22(26)25-13-11-17-16-6-1-3-8-19(16)24-20(17)12-14-25/h1-4,6-9,24H,5,10-15H2. The van der Waals surface area contributed by atoms with Gasteiger partial charge in [-0.1, -0.05) is 41.9 Å². The summed E-state index contributed by atoms with van der Waals surface area (Å²) in [5, 5.41) is 1.89. The predicted molar refractivity (Wildman–Crippen MR) is 108 cm³/mol. The van der Waals surface area contributed by atoms with Crippen LogP contribution in [-0.2, 0) is 17.6 Å². The van der Waals surface area contributed by atoms with Gasteiger partial charge in [0.05, 0.1) is 11.6 Å². The molecule has 27 heavy (non-hydrogen) atoms. The van der Waals surface area contributed by atoms with Crippen LogP contribution in [0.3, 0.4) is 0 Å². The van der Waals surface area contributed by atoms with Gasteiger partial charge in [-0.05, 0) is 36.6 Å². The Bertz CT molecular complexity index is 950. The number of ether oxygens (including phenoxy) is 1. The first kappa shape index (κ1) is 17.9. The summed E-state index contributed by atoms with van der Waals surface area (Å²) in [6.45, 7) is 2.04. The van der Waals surface area contributed by atoms with Crippen LogP contribution in [0.5, 0.6) is 5.75 Å². The maximum atomic E-state index is 12.6. The quantitative estimate of drug-likeness (QED) is 0.655. The monoisotopic (exact) mass is 382 g/mol. The Labute approximate surface area is 164 Å². The van der Waals surface area contributed by atoms with Crippen molar-refractivity contribution in [2.45, 2.75) is 25.7 Å². The van der Waals surface area contributed by atoms with E-state index in [-0.39, 0.29) is 5.91 Å². The van der Waals surface area contributed by atoms with Crippen molar-refractivity contribution in [2.24, 2.45) is 0 Å². The Kier molecular flexibility index (Phi) is 5.35. The molecule has 3 aromatic rings. The lowest BCUT2D eigenvalue weighted by Gasteiger charge is -2.20. The minimum Gasteiger partial charge on any atom is -0.492 e. The van der Waals surface area contributed by atoms with Crippen molar-refractivity contribution in [1.29, 1.82) is 0 Å². The highest BCUT2D eigenvalue weighted by Crippen LogP contribution is 2.26. The number of halogens is 1. The summed E-state index contributed by atoms with van der Waals surface area (Å²) >= 11 is 6.08. The van der Waals surface area contributed by atoms with Crippen molar-refractivity contribution in [3.8, 4) is 5.75 Å². The number of para-hydroxylation sites is 2. The summed E-state index contributed by atoms with van der Waals surface area (Å²) in [5.74, 6) is 0.874. The number of fused-ring (bicyclic) bond motifs is 3. The van der Waals surface area contributed by atoms with E-state index in [9.17, 15) is 4.79 Å². The van der Waals surface area contributed by atoms with Gasteiger partial charge >= 0.3 is 0 Å². The van der Waals surface area contributed by atoms with Gasteiger partial charge in [-0.3, -0.25) is 4.79 Å². The maximum absolute atomic E-state index is 12.6. The van der Waals surface area contributed by atoms with Crippen LogP contribution in [0.15, 0.2) is 48.5 Å². The number of rotatable bonds is 5. The number of aromatic nitrogens is 1. The zero-order valence-corrected chi connectivity index (χ0v) is 16.0. The lowest BCUT2D eigenvalue weighted by Crippen LogP contribution is -2.33. The lowest BCUT2D eigenvalue weighted by molar-refractivity contribution is -0.131. The van der Waals surface area contributed by atoms with Crippen molar-refractivity contribution < 1.29 is 9.53 Å². The number of H-pyrrole nitrogens is 1. The van der Waals surface area contributed by atoms with Gasteiger partial charge in [-0.2, -0.15) is 0 Å². The first-order chi connectivity index (χ1) is 13.2. The number of hydrogen-bond donors (Lipinski definition) is 1. The lowest BCUT2D eigenvalue weighted by atomic mass is 10.1. The zero-order valence-electron chi connectivity index (χ0n) is 15.2. The van der Waals surface area contributed by atoms with Gasteiger partial charge in [0.15, 0.2) is 0 Å². The molecule has 0 bridgehead atoms. The number of nitrogens with zero attached hydrogens (tertiary/aromatic N) is 1. The number of nitrogens with one attached hydrogen (secondary N) is 1. The predicted octanol–water partition coefficient (Wildman–Crippen LogP) is 4.61. The Balaban J connectivity index is 1.29. The summed E-state index contributed by atoms with van der Waals surface area (Å²) < 4.78 is 5.68. The molecule has 0 saturated carbocycles. The van der Waals surface area contributed by atoms with Crippen molar-refractivity contribution in [3.63, 3.8) is 0 Å². The Morgan fingerprint density at radius 2 is 1.85 bits per heavy atom. The van der Waals surface area contributed by atoms with Gasteiger partial charge in [0.25, 0.3) is 0 Å². The van der Waals surface area contributed by atoms with E-state index in [1.807, 2.05) is 23.1 Å². The fourth-order valence-electron chi connectivity index (χ4n) is 3.73. The Morgan fingerprint density at radius 1 is 1.07 bits per heavy atom. The molecular weight excluding hydrogens is 360 g/mol. The van der Waals surface area contributed by atoms with Gasteiger partial charge in [0.1, 0.15) is 5.75 Å². The van der Waals surface area contributed by atoms with Gasteiger partial charge in [-0.15, -0.1) is 0 Å². The van der Waals surface area contributed by atoms with Crippen molar-refractivity contribution in [3.05, 3.63) is 64.8 Å². The van der Waals surface area contributed by atoms with Crippen LogP contribution < -0.4 is 4.74 Å². The summed E-state index contributed by atoms with van der Waals surface area (Å²) in [5.41, 5.74) is 3.83. The first-order valence-corrected chi connectivity index (χ1v) is 9.84. The molecule has 4 nitrogen and oxygen atoms in total. The Hall–Kier alpha value is -2.46. The summed E-state index contributed by atoms with van der Waals surface area (Å²) in [6.07, 6.45) is 2.97. The first-order valence-electron chi connectivity index (χ1n) is 9.46. The van der Waals surface area contributed by atoms with Crippen LogP contribution >= 0.6 is 11.6 Å². The molecule has 2 heterocycles. The molecule has 140 valence electrons. The molecule has 5 heteroatoms. The van der Waals surface area contributed by atoms with E-state index in [1.165, 1.54) is 22.2 Å². The average Bonchev–Trinajstić information content (AvgIpc) is 2.90. The van der Waals surface area contributed by atoms with Crippen LogP contribution in [0.25, 0.3) is 10.9 Å². The topological polar surface area (TPSA) is 45.3 Å². The molecule has 0 atom stereocenters. The molecule has 0 aliphatic carbocycles. The second-order valence-electron chi connectivity index (χ2n) is 6.89. The number of aromatic amines is 1. The number of amides is 1. The van der Waals surface area contributed by atoms with Crippen molar-refractivity contribution >= 4 is 28.4 Å². The molecule has 0 radical (unpaired) electrons. The second kappa shape index (κ2) is 8.05. The SMILES string of the molecule is O=C(CCCOc1ccccc1Cl)N1CCc2[nH]c3ccccc3c2CC1. The molecule has 1 aliphatic rings. The molecule has 1 N–H and O–H groups in total. The molecular formula is C22H23ClN2O2. The highest BCUT2D eigenvalue weighted by atomic mass is 35.5. The third-order valence-electron chi connectivity index (χ3n) is 5.15. The summed E-state index contributed by atoms with van der Waals surface area (Å²) in [6, 6.07) is 15.8. The van der Waals surface area contributed by atoms with Crippen LogP contribution in [-0.4, -0.2) is 35.5 Å².